The zero-order valence-corrected chi connectivity index (χ0v) is 6.68. The molecule has 0 bridgehead atoms. The molecule has 0 aliphatic rings. The van der Waals surface area contributed by atoms with Gasteiger partial charge in [0.15, 0.2) is 0 Å². The van der Waals surface area contributed by atoms with E-state index in [1.165, 1.54) is 11.3 Å². The molecule has 1 nitrogen and oxygen atoms in total. The highest BCUT2D eigenvalue weighted by Gasteiger charge is 1.91. The predicted molar refractivity (Wildman–Crippen MR) is 44.3 cm³/mol. The van der Waals surface area contributed by atoms with E-state index in [1.54, 1.807) is 0 Å². The lowest BCUT2D eigenvalue weighted by Crippen LogP contribution is -2.07. The summed E-state index contributed by atoms with van der Waals surface area (Å²) < 4.78 is 0. The fourth-order valence-corrected chi connectivity index (χ4v) is 0.773. The van der Waals surface area contributed by atoms with Gasteiger partial charge in [-0.1, -0.05) is 6.07 Å². The van der Waals surface area contributed by atoms with Crippen LogP contribution in [0.25, 0.3) is 0 Å². The van der Waals surface area contributed by atoms with Gasteiger partial charge in [-0.25, -0.2) is 0 Å². The minimum Gasteiger partial charge on any atom is -0.378 e. The van der Waals surface area contributed by atoms with Gasteiger partial charge in [-0.15, -0.1) is 0 Å². The molecule has 0 atom stereocenters. The Balaban J connectivity index is 2.89. The van der Waals surface area contributed by atoms with Gasteiger partial charge >= 0.3 is 0 Å². The predicted octanol–water partition coefficient (Wildman–Crippen LogP) is 1.86. The molecule has 1 aromatic rings. The summed E-state index contributed by atoms with van der Waals surface area (Å²) in [6.07, 6.45) is 0. The lowest BCUT2D eigenvalue weighted by molar-refractivity contribution is 1.13. The first-order valence-corrected chi connectivity index (χ1v) is 3.36. The molecule has 0 fully saturated rings. The first-order valence-electron chi connectivity index (χ1n) is 3.36. The van der Waals surface area contributed by atoms with E-state index in [9.17, 15) is 0 Å². The van der Waals surface area contributed by atoms with E-state index in [0.29, 0.717) is 0 Å². The second kappa shape index (κ2) is 2.74. The van der Waals surface area contributed by atoms with Gasteiger partial charge in [0, 0.05) is 19.8 Å². The van der Waals surface area contributed by atoms with Crippen molar-refractivity contribution in [3.05, 3.63) is 29.8 Å². The molecule has 0 aliphatic carbocycles. The summed E-state index contributed by atoms with van der Waals surface area (Å²) >= 11 is 0. The van der Waals surface area contributed by atoms with Crippen LogP contribution in [0.5, 0.6) is 0 Å². The Hall–Kier alpha value is -0.980. The lowest BCUT2D eigenvalue weighted by Gasteiger charge is -2.11. The van der Waals surface area contributed by atoms with Gasteiger partial charge in [-0.05, 0) is 30.7 Å². The number of nitrogens with zero attached hydrogens (tertiary/aromatic N) is 1. The van der Waals surface area contributed by atoms with E-state index in [2.05, 4.69) is 23.1 Å². The average molecular weight is 134 g/mol. The second-order valence-electron chi connectivity index (χ2n) is 2.62. The van der Waals surface area contributed by atoms with Gasteiger partial charge in [0.1, 0.15) is 0 Å². The van der Waals surface area contributed by atoms with Crippen molar-refractivity contribution < 1.29 is 0 Å². The monoisotopic (exact) mass is 134 g/mol. The standard InChI is InChI=1S/C9H12N/c1-8-4-6-9(7-5-8)10(2)3/h4,6-7H,1-3H3. The van der Waals surface area contributed by atoms with Crippen molar-refractivity contribution in [3.8, 4) is 0 Å². The summed E-state index contributed by atoms with van der Waals surface area (Å²) in [5.74, 6) is 0. The molecule has 0 saturated carbocycles. The van der Waals surface area contributed by atoms with Crippen molar-refractivity contribution in [1.82, 2.24) is 0 Å². The SMILES string of the molecule is Cc1[c]cc(N(C)C)cc1. The maximum Gasteiger partial charge on any atom is 0.0367 e. The molecular weight excluding hydrogens is 122 g/mol. The molecule has 1 aromatic carbocycles. The summed E-state index contributed by atoms with van der Waals surface area (Å²) in [4.78, 5) is 2.07. The minimum absolute atomic E-state index is 1.19. The van der Waals surface area contributed by atoms with Crippen LogP contribution in [0.1, 0.15) is 5.56 Å². The largest absolute Gasteiger partial charge is 0.378 e. The summed E-state index contributed by atoms with van der Waals surface area (Å²) in [7, 11) is 4.05. The first kappa shape index (κ1) is 7.13. The molecule has 0 aliphatic heterocycles. The zero-order valence-electron chi connectivity index (χ0n) is 6.68. The van der Waals surface area contributed by atoms with Crippen molar-refractivity contribution in [2.45, 2.75) is 6.92 Å². The van der Waals surface area contributed by atoms with Crippen LogP contribution in [0.2, 0.25) is 0 Å². The van der Waals surface area contributed by atoms with E-state index in [-0.39, 0.29) is 0 Å². The Morgan fingerprint density at radius 2 is 2.00 bits per heavy atom. The maximum atomic E-state index is 3.14. The highest BCUT2D eigenvalue weighted by molar-refractivity contribution is 5.45. The molecule has 0 unspecified atom stereocenters. The maximum absolute atomic E-state index is 3.14. The van der Waals surface area contributed by atoms with E-state index >= 15 is 0 Å². The third kappa shape index (κ3) is 1.50. The molecule has 0 spiro atoms. The molecule has 0 saturated heterocycles. The molecule has 0 aromatic heterocycles. The van der Waals surface area contributed by atoms with Crippen LogP contribution < -0.4 is 4.90 Å². The Morgan fingerprint density at radius 3 is 2.40 bits per heavy atom. The Labute approximate surface area is 62.3 Å². The quantitative estimate of drug-likeness (QED) is 0.566. The molecule has 0 amide bonds. The third-order valence-corrected chi connectivity index (χ3v) is 1.47. The van der Waals surface area contributed by atoms with E-state index in [1.807, 2.05) is 27.1 Å². The second-order valence-corrected chi connectivity index (χ2v) is 2.62. The molecule has 1 radical (unpaired) electrons. The number of benzene rings is 1. The molecule has 53 valence electrons. The third-order valence-electron chi connectivity index (χ3n) is 1.47. The van der Waals surface area contributed by atoms with Crippen LogP contribution in [0, 0.1) is 13.0 Å². The first-order chi connectivity index (χ1) is 4.70. The number of hydrogen-bond acceptors (Lipinski definition) is 1. The summed E-state index contributed by atoms with van der Waals surface area (Å²) in [5, 5.41) is 0. The summed E-state index contributed by atoms with van der Waals surface area (Å²) in [6, 6.07) is 9.29. The van der Waals surface area contributed by atoms with Crippen molar-refractivity contribution in [2.24, 2.45) is 0 Å². The van der Waals surface area contributed by atoms with Gasteiger partial charge in [0.25, 0.3) is 0 Å². The number of rotatable bonds is 1. The minimum atomic E-state index is 1.19. The van der Waals surface area contributed by atoms with Crippen LogP contribution in [0.3, 0.4) is 0 Å². The van der Waals surface area contributed by atoms with E-state index in [0.717, 1.165) is 0 Å². The van der Waals surface area contributed by atoms with Crippen LogP contribution in [-0.4, -0.2) is 14.1 Å². The number of aryl methyl sites for hydroxylation is 1. The van der Waals surface area contributed by atoms with Gasteiger partial charge in [0.2, 0.25) is 0 Å². The van der Waals surface area contributed by atoms with Gasteiger partial charge < -0.3 is 4.90 Å². The van der Waals surface area contributed by atoms with Crippen LogP contribution >= 0.6 is 0 Å². The van der Waals surface area contributed by atoms with Crippen LogP contribution in [-0.2, 0) is 0 Å². The van der Waals surface area contributed by atoms with E-state index < -0.39 is 0 Å². The highest BCUT2D eigenvalue weighted by Crippen LogP contribution is 2.10. The summed E-state index contributed by atoms with van der Waals surface area (Å²) in [6.45, 7) is 2.04. The number of hydrogen-bond donors (Lipinski definition) is 0. The lowest BCUT2D eigenvalue weighted by atomic mass is 10.2. The molecular formula is C9H12N. The van der Waals surface area contributed by atoms with Crippen molar-refractivity contribution >= 4 is 5.69 Å². The Bertz CT molecular complexity index is 198. The van der Waals surface area contributed by atoms with Gasteiger partial charge in [-0.3, -0.25) is 0 Å². The topological polar surface area (TPSA) is 3.24 Å². The molecule has 10 heavy (non-hydrogen) atoms. The van der Waals surface area contributed by atoms with Crippen molar-refractivity contribution in [3.63, 3.8) is 0 Å². The summed E-state index contributed by atoms with van der Waals surface area (Å²) in [5.41, 5.74) is 2.39. The zero-order chi connectivity index (χ0) is 7.56. The molecule has 0 heterocycles. The Kier molecular flexibility index (Phi) is 1.95. The molecule has 1 rings (SSSR count). The van der Waals surface area contributed by atoms with E-state index in [4.69, 9.17) is 0 Å². The number of anilines is 1. The van der Waals surface area contributed by atoms with Crippen LogP contribution in [0.4, 0.5) is 5.69 Å². The fourth-order valence-electron chi connectivity index (χ4n) is 0.773. The molecule has 0 N–H and O–H groups in total. The smallest absolute Gasteiger partial charge is 0.0367 e. The van der Waals surface area contributed by atoms with Crippen molar-refractivity contribution in [1.29, 1.82) is 0 Å². The highest BCUT2D eigenvalue weighted by atomic mass is 15.1. The fraction of sp³-hybridized carbons (Fsp3) is 0.333. The van der Waals surface area contributed by atoms with Crippen molar-refractivity contribution in [2.75, 3.05) is 19.0 Å². The van der Waals surface area contributed by atoms with Gasteiger partial charge in [-0.2, -0.15) is 0 Å². The Morgan fingerprint density at radius 1 is 1.30 bits per heavy atom. The average Bonchev–Trinajstić information content (AvgIpc) is 1.88. The van der Waals surface area contributed by atoms with Gasteiger partial charge in [0.05, 0.1) is 0 Å². The molecule has 1 heteroatoms. The van der Waals surface area contributed by atoms with Crippen LogP contribution in [0.15, 0.2) is 18.2 Å². The normalized spacial score (nSPS) is 9.50.